The Bertz CT molecular complexity index is 1240. The van der Waals surface area contributed by atoms with Crippen LogP contribution in [0.25, 0.3) is 27.8 Å². The Hall–Kier alpha value is -3.10. The van der Waals surface area contributed by atoms with Gasteiger partial charge in [0.05, 0.1) is 23.8 Å². The van der Waals surface area contributed by atoms with Gasteiger partial charge in [0.15, 0.2) is 5.65 Å². The number of nitrogens with one attached hydrogen (secondary N) is 1. The lowest BCUT2D eigenvalue weighted by Crippen LogP contribution is -2.30. The molecule has 156 valence electrons. The molecule has 5 rings (SSSR count). The summed E-state index contributed by atoms with van der Waals surface area (Å²) in [4.78, 5) is 13.3. The van der Waals surface area contributed by atoms with Gasteiger partial charge in [0.25, 0.3) is 5.92 Å². The van der Waals surface area contributed by atoms with E-state index in [-0.39, 0.29) is 12.0 Å². The van der Waals surface area contributed by atoms with Gasteiger partial charge in [-0.3, -0.25) is 0 Å². The molecule has 1 N–H and O–H groups in total. The van der Waals surface area contributed by atoms with E-state index in [0.717, 1.165) is 28.0 Å². The summed E-state index contributed by atoms with van der Waals surface area (Å²) in [5.74, 6) is -2.13. The maximum absolute atomic E-state index is 13.9. The molecule has 1 saturated carbocycles. The largest absolute Gasteiger partial charge is 0.347 e. The van der Waals surface area contributed by atoms with Crippen molar-refractivity contribution >= 4 is 22.6 Å². The first-order valence-electron chi connectivity index (χ1n) is 10.1. The topological polar surface area (TPSA) is 72.9 Å². The zero-order chi connectivity index (χ0) is 21.0. The van der Waals surface area contributed by atoms with Gasteiger partial charge in [0.2, 0.25) is 5.95 Å². The Kier molecular flexibility index (Phi) is 4.23. The van der Waals surface area contributed by atoms with Crippen molar-refractivity contribution in [3.63, 3.8) is 0 Å². The molecular formula is C21H23F2N7. The first-order valence-corrected chi connectivity index (χ1v) is 10.1. The van der Waals surface area contributed by atoms with E-state index in [4.69, 9.17) is 0 Å². The van der Waals surface area contributed by atoms with Crippen LogP contribution < -0.4 is 5.32 Å². The Labute approximate surface area is 172 Å². The molecule has 4 heterocycles. The number of aromatic nitrogens is 6. The van der Waals surface area contributed by atoms with Gasteiger partial charge in [-0.25, -0.2) is 28.2 Å². The number of anilines is 1. The summed E-state index contributed by atoms with van der Waals surface area (Å²) in [6, 6.07) is 4.27. The lowest BCUT2D eigenvalue weighted by Gasteiger charge is -2.15. The van der Waals surface area contributed by atoms with E-state index in [1.807, 2.05) is 13.0 Å². The first-order chi connectivity index (χ1) is 14.3. The molecule has 1 fully saturated rings. The zero-order valence-corrected chi connectivity index (χ0v) is 17.1. The van der Waals surface area contributed by atoms with E-state index in [0.29, 0.717) is 18.5 Å². The summed E-state index contributed by atoms with van der Waals surface area (Å²) in [6.07, 6.45) is 6.41. The molecule has 0 saturated heterocycles. The molecule has 7 nitrogen and oxygen atoms in total. The molecular weight excluding hydrogens is 388 g/mol. The second kappa shape index (κ2) is 6.72. The van der Waals surface area contributed by atoms with Crippen LogP contribution in [0, 0.1) is 12.8 Å². The maximum Gasteiger partial charge on any atom is 0.267 e. The van der Waals surface area contributed by atoms with E-state index in [2.05, 4.69) is 49.8 Å². The van der Waals surface area contributed by atoms with Gasteiger partial charge in [0.1, 0.15) is 5.82 Å². The number of aryl methyl sites for hydroxylation is 1. The summed E-state index contributed by atoms with van der Waals surface area (Å²) in [5.41, 5.74) is 4.32. The van der Waals surface area contributed by atoms with Crippen LogP contribution in [0.3, 0.4) is 0 Å². The Balaban J connectivity index is 1.47. The van der Waals surface area contributed by atoms with Crippen LogP contribution in [0.15, 0.2) is 30.7 Å². The highest BCUT2D eigenvalue weighted by Crippen LogP contribution is 2.43. The van der Waals surface area contributed by atoms with Gasteiger partial charge in [-0.1, -0.05) is 0 Å². The predicted octanol–water partition coefficient (Wildman–Crippen LogP) is 4.49. The molecule has 0 aromatic carbocycles. The van der Waals surface area contributed by atoms with E-state index >= 15 is 0 Å². The van der Waals surface area contributed by atoms with Crippen molar-refractivity contribution in [1.29, 1.82) is 0 Å². The molecule has 0 bridgehead atoms. The lowest BCUT2D eigenvalue weighted by molar-refractivity contribution is -0.00833. The summed E-state index contributed by atoms with van der Waals surface area (Å²) in [5, 5.41) is 7.02. The molecule has 1 aliphatic rings. The summed E-state index contributed by atoms with van der Waals surface area (Å²) in [6.45, 7) is 5.76. The number of alkyl halides is 2. The molecule has 1 aliphatic carbocycles. The number of hydrogen-bond donors (Lipinski definition) is 1. The third kappa shape index (κ3) is 3.18. The third-order valence-electron chi connectivity index (χ3n) is 5.62. The average Bonchev–Trinajstić information content (AvgIpc) is 3.41. The van der Waals surface area contributed by atoms with Crippen molar-refractivity contribution in [2.24, 2.45) is 5.92 Å². The second-order valence-corrected chi connectivity index (χ2v) is 8.22. The number of rotatable bonds is 6. The SMILES string of the molecule is Cc1nc2ncc(-c3ccn4nc(NCC(F)(F)C5CC5)ncc34)cc2n1C(C)C. The fourth-order valence-electron chi connectivity index (χ4n) is 3.96. The normalized spacial score (nSPS) is 14.9. The van der Waals surface area contributed by atoms with Crippen LogP contribution in [0.1, 0.15) is 38.6 Å². The molecule has 9 heteroatoms. The highest BCUT2D eigenvalue weighted by molar-refractivity contribution is 5.85. The number of imidazole rings is 1. The van der Waals surface area contributed by atoms with Crippen molar-refractivity contribution in [2.75, 3.05) is 11.9 Å². The smallest absolute Gasteiger partial charge is 0.267 e. The summed E-state index contributed by atoms with van der Waals surface area (Å²) in [7, 11) is 0. The molecule has 0 radical (unpaired) electrons. The van der Waals surface area contributed by atoms with Crippen molar-refractivity contribution < 1.29 is 8.78 Å². The molecule has 0 atom stereocenters. The molecule has 0 aliphatic heterocycles. The Morgan fingerprint density at radius 3 is 2.73 bits per heavy atom. The van der Waals surface area contributed by atoms with Gasteiger partial charge < -0.3 is 9.88 Å². The maximum atomic E-state index is 13.9. The standard InChI is InChI=1S/C21H23F2N7/c1-12(2)30-13(3)27-19-17(30)8-14(9-24-19)16-6-7-29-18(16)10-25-20(28-29)26-11-21(22,23)15-4-5-15/h6-10,12,15H,4-5,11H2,1-3H3,(H,26,28). The summed E-state index contributed by atoms with van der Waals surface area (Å²) < 4.78 is 31.6. The summed E-state index contributed by atoms with van der Waals surface area (Å²) >= 11 is 0. The molecule has 30 heavy (non-hydrogen) atoms. The fraction of sp³-hybridized carbons (Fsp3) is 0.429. The van der Waals surface area contributed by atoms with Crippen LogP contribution in [0.2, 0.25) is 0 Å². The van der Waals surface area contributed by atoms with Gasteiger partial charge in [-0.15, -0.1) is 5.10 Å². The fourth-order valence-corrected chi connectivity index (χ4v) is 3.96. The van der Waals surface area contributed by atoms with Crippen LogP contribution >= 0.6 is 0 Å². The third-order valence-corrected chi connectivity index (χ3v) is 5.62. The van der Waals surface area contributed by atoms with E-state index in [1.165, 1.54) is 0 Å². The molecule has 4 aromatic heterocycles. The predicted molar refractivity (Wildman–Crippen MR) is 111 cm³/mol. The van der Waals surface area contributed by atoms with Crippen molar-refractivity contribution in [1.82, 2.24) is 29.1 Å². The van der Waals surface area contributed by atoms with Crippen LogP contribution in [-0.2, 0) is 0 Å². The monoisotopic (exact) mass is 411 g/mol. The lowest BCUT2D eigenvalue weighted by atomic mass is 10.1. The Morgan fingerprint density at radius 2 is 2.00 bits per heavy atom. The first kappa shape index (κ1) is 18.9. The number of hydrogen-bond acceptors (Lipinski definition) is 5. The number of halogens is 2. The quantitative estimate of drug-likeness (QED) is 0.506. The van der Waals surface area contributed by atoms with Crippen LogP contribution in [0.5, 0.6) is 0 Å². The van der Waals surface area contributed by atoms with Crippen molar-refractivity contribution in [2.45, 2.75) is 45.6 Å². The van der Waals surface area contributed by atoms with Gasteiger partial charge in [-0.2, -0.15) is 0 Å². The van der Waals surface area contributed by atoms with Crippen molar-refractivity contribution in [3.8, 4) is 11.1 Å². The van der Waals surface area contributed by atoms with Crippen LogP contribution in [0.4, 0.5) is 14.7 Å². The highest BCUT2D eigenvalue weighted by Gasteiger charge is 2.46. The Morgan fingerprint density at radius 1 is 1.20 bits per heavy atom. The molecule has 0 amide bonds. The number of pyridine rings is 1. The minimum Gasteiger partial charge on any atom is -0.347 e. The van der Waals surface area contributed by atoms with E-state index in [9.17, 15) is 8.78 Å². The minimum atomic E-state index is -2.72. The van der Waals surface area contributed by atoms with Crippen LogP contribution in [-0.4, -0.2) is 41.6 Å². The van der Waals surface area contributed by atoms with E-state index < -0.39 is 18.4 Å². The number of fused-ring (bicyclic) bond motifs is 2. The molecule has 4 aromatic rings. The van der Waals surface area contributed by atoms with Crippen molar-refractivity contribution in [3.05, 3.63) is 36.5 Å². The average molecular weight is 411 g/mol. The highest BCUT2D eigenvalue weighted by atomic mass is 19.3. The molecule has 0 spiro atoms. The zero-order valence-electron chi connectivity index (χ0n) is 17.1. The van der Waals surface area contributed by atoms with E-state index in [1.54, 1.807) is 23.1 Å². The van der Waals surface area contributed by atoms with Gasteiger partial charge in [0, 0.05) is 35.5 Å². The minimum absolute atomic E-state index is 0.187. The van der Waals surface area contributed by atoms with Gasteiger partial charge in [-0.05, 0) is 45.7 Å². The second-order valence-electron chi connectivity index (χ2n) is 8.22. The number of nitrogens with zero attached hydrogens (tertiary/aromatic N) is 6. The van der Waals surface area contributed by atoms with Gasteiger partial charge >= 0.3 is 0 Å². The molecule has 0 unspecified atom stereocenters.